The first-order valence-electron chi connectivity index (χ1n) is 9.12. The molecule has 1 saturated heterocycles. The van der Waals surface area contributed by atoms with Crippen LogP contribution < -0.4 is 21.7 Å². The molecule has 0 radical (unpaired) electrons. The molecule has 1 fully saturated rings. The standard InChI is InChI=1S/C19H24FN7/c1-27-12-13(10-24-27)17-11-23-19(21,14-3-2-4-15(20)9-14)26-18(17)25-16-5-7-22-8-6-16/h2-4,9-12,16,22,25-26H,5-8,21H2,1H3. The number of aryl methyl sites for hydroxylation is 1. The Morgan fingerprint density at radius 1 is 1.33 bits per heavy atom. The molecule has 2 aliphatic heterocycles. The lowest BCUT2D eigenvalue weighted by molar-refractivity contribution is 0.349. The number of hydrogen-bond acceptors (Lipinski definition) is 6. The summed E-state index contributed by atoms with van der Waals surface area (Å²) in [4.78, 5) is 4.51. The highest BCUT2D eigenvalue weighted by Crippen LogP contribution is 2.27. The number of hydrogen-bond donors (Lipinski definition) is 4. The minimum absolute atomic E-state index is 0.323. The zero-order valence-corrected chi connectivity index (χ0v) is 15.2. The van der Waals surface area contributed by atoms with Crippen LogP contribution in [-0.2, 0) is 12.8 Å². The van der Waals surface area contributed by atoms with E-state index < -0.39 is 5.79 Å². The maximum atomic E-state index is 13.7. The van der Waals surface area contributed by atoms with Gasteiger partial charge in [0.25, 0.3) is 0 Å². The maximum Gasteiger partial charge on any atom is 0.210 e. The molecular weight excluding hydrogens is 345 g/mol. The van der Waals surface area contributed by atoms with Gasteiger partial charge in [-0.05, 0) is 38.1 Å². The Labute approximate surface area is 157 Å². The first-order valence-corrected chi connectivity index (χ1v) is 9.12. The van der Waals surface area contributed by atoms with E-state index in [9.17, 15) is 4.39 Å². The summed E-state index contributed by atoms with van der Waals surface area (Å²) >= 11 is 0. The van der Waals surface area contributed by atoms with Gasteiger partial charge in [-0.2, -0.15) is 5.10 Å². The fourth-order valence-electron chi connectivity index (χ4n) is 3.46. The van der Waals surface area contributed by atoms with Gasteiger partial charge in [-0.3, -0.25) is 10.4 Å². The number of piperidine rings is 1. The highest BCUT2D eigenvalue weighted by atomic mass is 19.1. The molecule has 0 amide bonds. The largest absolute Gasteiger partial charge is 0.368 e. The Balaban J connectivity index is 1.69. The van der Waals surface area contributed by atoms with Crippen molar-refractivity contribution in [2.24, 2.45) is 17.8 Å². The smallest absolute Gasteiger partial charge is 0.210 e. The van der Waals surface area contributed by atoms with E-state index in [0.717, 1.165) is 42.9 Å². The molecule has 1 unspecified atom stereocenters. The van der Waals surface area contributed by atoms with Gasteiger partial charge in [-0.15, -0.1) is 0 Å². The minimum Gasteiger partial charge on any atom is -0.368 e. The molecule has 1 atom stereocenters. The van der Waals surface area contributed by atoms with E-state index in [-0.39, 0.29) is 5.82 Å². The Morgan fingerprint density at radius 2 is 2.15 bits per heavy atom. The van der Waals surface area contributed by atoms with Crippen molar-refractivity contribution in [2.75, 3.05) is 13.1 Å². The number of nitrogens with two attached hydrogens (primary N) is 1. The monoisotopic (exact) mass is 369 g/mol. The van der Waals surface area contributed by atoms with Gasteiger partial charge in [-0.1, -0.05) is 12.1 Å². The van der Waals surface area contributed by atoms with Crippen molar-refractivity contribution in [3.8, 4) is 0 Å². The van der Waals surface area contributed by atoms with Crippen molar-refractivity contribution in [3.63, 3.8) is 0 Å². The van der Waals surface area contributed by atoms with Crippen LogP contribution in [0.1, 0.15) is 24.0 Å². The van der Waals surface area contributed by atoms with Gasteiger partial charge in [0.2, 0.25) is 5.79 Å². The molecule has 2 aliphatic rings. The topological polar surface area (TPSA) is 92.3 Å². The number of nitrogens with zero attached hydrogens (tertiary/aromatic N) is 3. The third-order valence-electron chi connectivity index (χ3n) is 4.95. The molecule has 4 rings (SSSR count). The summed E-state index contributed by atoms with van der Waals surface area (Å²) in [5.41, 5.74) is 8.90. The molecule has 1 aromatic heterocycles. The predicted octanol–water partition coefficient (Wildman–Crippen LogP) is 1.01. The highest BCUT2D eigenvalue weighted by Gasteiger charge is 2.32. The van der Waals surface area contributed by atoms with Crippen LogP contribution >= 0.6 is 0 Å². The van der Waals surface area contributed by atoms with Crippen molar-refractivity contribution >= 4 is 11.8 Å². The third-order valence-corrected chi connectivity index (χ3v) is 4.95. The molecule has 0 saturated carbocycles. The van der Waals surface area contributed by atoms with E-state index in [1.807, 2.05) is 13.2 Å². The van der Waals surface area contributed by atoms with Crippen LogP contribution in [0.25, 0.3) is 5.57 Å². The molecule has 2 aromatic rings. The summed E-state index contributed by atoms with van der Waals surface area (Å²) in [7, 11) is 1.87. The lowest BCUT2D eigenvalue weighted by atomic mass is 10.0. The van der Waals surface area contributed by atoms with Crippen LogP contribution in [-0.4, -0.2) is 35.1 Å². The van der Waals surface area contributed by atoms with Crippen LogP contribution in [0.15, 0.2) is 47.5 Å². The lowest BCUT2D eigenvalue weighted by Gasteiger charge is -2.36. The molecule has 142 valence electrons. The van der Waals surface area contributed by atoms with Crippen LogP contribution in [0.4, 0.5) is 4.39 Å². The molecule has 3 heterocycles. The van der Waals surface area contributed by atoms with E-state index in [0.29, 0.717) is 11.6 Å². The van der Waals surface area contributed by atoms with Gasteiger partial charge in [0.05, 0.1) is 6.20 Å². The van der Waals surface area contributed by atoms with Gasteiger partial charge in [-0.25, -0.2) is 9.38 Å². The average Bonchev–Trinajstić information content (AvgIpc) is 3.09. The fraction of sp³-hybridized carbons (Fsp3) is 0.368. The number of aromatic nitrogens is 2. The second-order valence-corrected chi connectivity index (χ2v) is 7.02. The molecule has 0 spiro atoms. The van der Waals surface area contributed by atoms with E-state index in [2.05, 4.69) is 26.0 Å². The van der Waals surface area contributed by atoms with Crippen molar-refractivity contribution in [2.45, 2.75) is 24.7 Å². The minimum atomic E-state index is -1.23. The van der Waals surface area contributed by atoms with Crippen molar-refractivity contribution in [3.05, 3.63) is 59.4 Å². The summed E-state index contributed by atoms with van der Waals surface area (Å²) in [6, 6.07) is 6.52. The number of nitrogens with one attached hydrogen (secondary N) is 3. The van der Waals surface area contributed by atoms with E-state index >= 15 is 0 Å². The predicted molar refractivity (Wildman–Crippen MR) is 103 cm³/mol. The second-order valence-electron chi connectivity index (χ2n) is 7.02. The first kappa shape index (κ1) is 17.7. The molecular formula is C19H24FN7. The van der Waals surface area contributed by atoms with Gasteiger partial charge in [0, 0.05) is 42.2 Å². The number of rotatable bonds is 4. The Hall–Kier alpha value is -2.71. The van der Waals surface area contributed by atoms with Gasteiger partial charge < -0.3 is 16.0 Å². The Bertz CT molecular complexity index is 882. The normalized spacial score (nSPS) is 23.4. The zero-order valence-electron chi connectivity index (χ0n) is 15.2. The molecule has 8 heteroatoms. The van der Waals surface area contributed by atoms with Crippen LogP contribution in [0.2, 0.25) is 0 Å². The second kappa shape index (κ2) is 7.13. The van der Waals surface area contributed by atoms with E-state index in [4.69, 9.17) is 5.73 Å². The Morgan fingerprint density at radius 3 is 2.85 bits per heavy atom. The molecule has 1 aromatic carbocycles. The van der Waals surface area contributed by atoms with Crippen LogP contribution in [0.3, 0.4) is 0 Å². The number of allylic oxidation sites excluding steroid dienone is 1. The number of benzene rings is 1. The summed E-state index contributed by atoms with van der Waals surface area (Å²) < 4.78 is 15.5. The zero-order chi connectivity index (χ0) is 18.9. The van der Waals surface area contributed by atoms with Gasteiger partial charge in [0.15, 0.2) is 0 Å². The van der Waals surface area contributed by atoms with Gasteiger partial charge >= 0.3 is 0 Å². The number of halogens is 1. The fourth-order valence-corrected chi connectivity index (χ4v) is 3.46. The Kier molecular flexibility index (Phi) is 4.67. The first-order chi connectivity index (χ1) is 13.0. The van der Waals surface area contributed by atoms with Crippen molar-refractivity contribution < 1.29 is 4.39 Å². The summed E-state index contributed by atoms with van der Waals surface area (Å²) in [5.74, 6) is -0.788. The van der Waals surface area contributed by atoms with Crippen LogP contribution in [0, 0.1) is 5.82 Å². The van der Waals surface area contributed by atoms with E-state index in [1.165, 1.54) is 12.1 Å². The summed E-state index contributed by atoms with van der Waals surface area (Å²) in [6.07, 6.45) is 7.49. The van der Waals surface area contributed by atoms with Gasteiger partial charge in [0.1, 0.15) is 11.6 Å². The third kappa shape index (κ3) is 3.72. The van der Waals surface area contributed by atoms with E-state index in [1.54, 1.807) is 29.2 Å². The molecule has 27 heavy (non-hydrogen) atoms. The average molecular weight is 369 g/mol. The maximum absolute atomic E-state index is 13.7. The lowest BCUT2D eigenvalue weighted by Crippen LogP contribution is -2.54. The molecule has 5 N–H and O–H groups in total. The highest BCUT2D eigenvalue weighted by molar-refractivity contribution is 6.11. The van der Waals surface area contributed by atoms with Crippen LogP contribution in [0.5, 0.6) is 0 Å². The molecule has 0 aliphatic carbocycles. The van der Waals surface area contributed by atoms with Crippen molar-refractivity contribution in [1.82, 2.24) is 25.7 Å². The molecule has 7 nitrogen and oxygen atoms in total. The quantitative estimate of drug-likeness (QED) is 0.646. The SMILES string of the molecule is Cn1cc(C2=C(NC3CCNCC3)NC(N)(c3cccc(F)c3)N=C2)cn1. The summed E-state index contributed by atoms with van der Waals surface area (Å²) in [5, 5.41) is 14.5. The number of aliphatic imine (C=N–C) groups is 1. The summed E-state index contributed by atoms with van der Waals surface area (Å²) in [6.45, 7) is 1.94. The molecule has 0 bridgehead atoms. The van der Waals surface area contributed by atoms with Crippen molar-refractivity contribution in [1.29, 1.82) is 0 Å².